The Morgan fingerprint density at radius 3 is 2.86 bits per heavy atom. The van der Waals surface area contributed by atoms with E-state index in [4.69, 9.17) is 26.6 Å². The minimum absolute atomic E-state index is 0.301. The lowest BCUT2D eigenvalue weighted by atomic mass is 10.0. The highest BCUT2D eigenvalue weighted by Crippen LogP contribution is 2.40. The zero-order chi connectivity index (χ0) is 14.8. The first kappa shape index (κ1) is 13.5. The molecule has 0 saturated carbocycles. The van der Waals surface area contributed by atoms with Crippen molar-refractivity contribution in [2.45, 2.75) is 0 Å². The van der Waals surface area contributed by atoms with Crippen molar-refractivity contribution in [2.75, 3.05) is 12.8 Å². The van der Waals surface area contributed by atoms with Crippen LogP contribution >= 0.6 is 11.6 Å². The van der Waals surface area contributed by atoms with E-state index in [2.05, 4.69) is 10.1 Å². The fourth-order valence-electron chi connectivity index (χ4n) is 2.13. The van der Waals surface area contributed by atoms with E-state index in [0.717, 1.165) is 11.1 Å². The number of halogens is 1. The number of hydrogen-bond donors (Lipinski definition) is 1. The lowest BCUT2D eigenvalue weighted by Gasteiger charge is -2.08. The van der Waals surface area contributed by atoms with Gasteiger partial charge in [-0.1, -0.05) is 22.8 Å². The van der Waals surface area contributed by atoms with Crippen LogP contribution in [-0.2, 0) is 0 Å². The molecule has 2 heterocycles. The number of methoxy groups -OCH3 is 1. The number of ether oxygens (including phenoxy) is 1. The molecule has 0 bridgehead atoms. The van der Waals surface area contributed by atoms with E-state index in [1.54, 1.807) is 37.7 Å². The van der Waals surface area contributed by atoms with Gasteiger partial charge in [0, 0.05) is 23.0 Å². The highest BCUT2D eigenvalue weighted by molar-refractivity contribution is 6.30. The topological polar surface area (TPSA) is 74.2 Å². The normalized spacial score (nSPS) is 10.6. The summed E-state index contributed by atoms with van der Waals surface area (Å²) in [6.07, 6.45) is 3.39. The van der Waals surface area contributed by atoms with E-state index in [1.807, 2.05) is 12.1 Å². The van der Waals surface area contributed by atoms with E-state index in [9.17, 15) is 0 Å². The molecular weight excluding hydrogens is 290 g/mol. The molecule has 0 saturated heterocycles. The second kappa shape index (κ2) is 5.46. The van der Waals surface area contributed by atoms with E-state index in [0.29, 0.717) is 27.9 Å². The molecule has 0 aliphatic rings. The quantitative estimate of drug-likeness (QED) is 0.799. The molecule has 0 radical (unpaired) electrons. The van der Waals surface area contributed by atoms with E-state index >= 15 is 0 Å². The van der Waals surface area contributed by atoms with Crippen LogP contribution in [0, 0.1) is 0 Å². The smallest absolute Gasteiger partial charge is 0.180 e. The van der Waals surface area contributed by atoms with Crippen LogP contribution in [0.2, 0.25) is 5.02 Å². The second-order valence-electron chi connectivity index (χ2n) is 4.36. The summed E-state index contributed by atoms with van der Waals surface area (Å²) in [7, 11) is 1.57. The second-order valence-corrected chi connectivity index (χ2v) is 4.79. The molecular formula is C15H12ClN3O2. The third-order valence-corrected chi connectivity index (χ3v) is 3.31. The molecule has 5 nitrogen and oxygen atoms in total. The van der Waals surface area contributed by atoms with Gasteiger partial charge in [0.25, 0.3) is 0 Å². The zero-order valence-corrected chi connectivity index (χ0v) is 12.0. The van der Waals surface area contributed by atoms with Crippen molar-refractivity contribution in [3.8, 4) is 28.2 Å². The largest absolute Gasteiger partial charge is 0.496 e. The Labute approximate surface area is 126 Å². The highest BCUT2D eigenvalue weighted by Gasteiger charge is 2.20. The molecule has 21 heavy (non-hydrogen) atoms. The molecule has 0 aliphatic carbocycles. The number of nitrogen functional groups attached to an aromatic ring is 1. The van der Waals surface area contributed by atoms with Gasteiger partial charge in [-0.15, -0.1) is 0 Å². The van der Waals surface area contributed by atoms with Crippen LogP contribution in [0.15, 0.2) is 47.2 Å². The summed E-state index contributed by atoms with van der Waals surface area (Å²) in [6.45, 7) is 0. The fourth-order valence-corrected chi connectivity index (χ4v) is 2.29. The first-order valence-corrected chi connectivity index (χ1v) is 6.58. The molecule has 0 amide bonds. The number of pyridine rings is 1. The number of nitrogens with two attached hydrogens (primary N) is 1. The van der Waals surface area contributed by atoms with Crippen LogP contribution in [-0.4, -0.2) is 17.3 Å². The fraction of sp³-hybridized carbons (Fsp3) is 0.0667. The van der Waals surface area contributed by atoms with E-state index in [1.165, 1.54) is 0 Å². The van der Waals surface area contributed by atoms with Gasteiger partial charge in [0.2, 0.25) is 0 Å². The first-order chi connectivity index (χ1) is 10.2. The summed E-state index contributed by atoms with van der Waals surface area (Å²) in [5.41, 5.74) is 8.17. The van der Waals surface area contributed by atoms with Crippen molar-refractivity contribution in [3.05, 3.63) is 47.7 Å². The Bertz CT molecular complexity index is 772. The van der Waals surface area contributed by atoms with Crippen LogP contribution in [0.25, 0.3) is 22.5 Å². The summed E-state index contributed by atoms with van der Waals surface area (Å²) in [4.78, 5) is 4.10. The van der Waals surface area contributed by atoms with Gasteiger partial charge >= 0.3 is 0 Å². The monoisotopic (exact) mass is 301 g/mol. The molecule has 0 unspecified atom stereocenters. The van der Waals surface area contributed by atoms with Gasteiger partial charge in [-0.05, 0) is 24.3 Å². The number of nitrogens with zero attached hydrogens (tertiary/aromatic N) is 2. The predicted octanol–water partition coefficient (Wildman–Crippen LogP) is 3.65. The van der Waals surface area contributed by atoms with Gasteiger partial charge < -0.3 is 15.0 Å². The average Bonchev–Trinajstić information content (AvgIpc) is 2.89. The summed E-state index contributed by atoms with van der Waals surface area (Å²) < 4.78 is 10.7. The summed E-state index contributed by atoms with van der Waals surface area (Å²) >= 11 is 5.98. The van der Waals surface area contributed by atoms with Crippen LogP contribution in [0.1, 0.15) is 0 Å². The van der Waals surface area contributed by atoms with Crippen molar-refractivity contribution >= 4 is 17.4 Å². The summed E-state index contributed by atoms with van der Waals surface area (Å²) in [5, 5.41) is 4.43. The predicted molar refractivity (Wildman–Crippen MR) is 81.1 cm³/mol. The average molecular weight is 302 g/mol. The number of benzene rings is 1. The van der Waals surface area contributed by atoms with Crippen LogP contribution in [0.5, 0.6) is 5.75 Å². The number of rotatable bonds is 3. The molecule has 0 aliphatic heterocycles. The molecule has 6 heteroatoms. The van der Waals surface area contributed by atoms with Gasteiger partial charge in [-0.25, -0.2) is 0 Å². The summed E-state index contributed by atoms with van der Waals surface area (Å²) in [5.74, 6) is 1.41. The SMILES string of the molecule is COc1cc(Cl)ccc1-c1onc(N)c1-c1cccnc1. The van der Waals surface area contributed by atoms with Gasteiger partial charge in [-0.3, -0.25) is 4.98 Å². The zero-order valence-electron chi connectivity index (χ0n) is 11.2. The summed E-state index contributed by atoms with van der Waals surface area (Å²) in [6, 6.07) is 8.99. The lowest BCUT2D eigenvalue weighted by Crippen LogP contribution is -1.91. The molecule has 0 fully saturated rings. The van der Waals surface area contributed by atoms with Crippen molar-refractivity contribution in [1.82, 2.24) is 10.1 Å². The van der Waals surface area contributed by atoms with Crippen LogP contribution in [0.3, 0.4) is 0 Å². The van der Waals surface area contributed by atoms with E-state index in [-0.39, 0.29) is 0 Å². The van der Waals surface area contributed by atoms with Gasteiger partial charge in [-0.2, -0.15) is 0 Å². The minimum Gasteiger partial charge on any atom is -0.496 e. The number of aromatic nitrogens is 2. The van der Waals surface area contributed by atoms with Crippen LogP contribution < -0.4 is 10.5 Å². The molecule has 0 atom stereocenters. The minimum atomic E-state index is 0.301. The van der Waals surface area contributed by atoms with Gasteiger partial charge in [0.05, 0.1) is 18.2 Å². The van der Waals surface area contributed by atoms with Crippen molar-refractivity contribution in [3.63, 3.8) is 0 Å². The maximum absolute atomic E-state index is 5.98. The van der Waals surface area contributed by atoms with Gasteiger partial charge in [0.1, 0.15) is 5.75 Å². The van der Waals surface area contributed by atoms with Crippen LogP contribution in [0.4, 0.5) is 5.82 Å². The maximum Gasteiger partial charge on any atom is 0.180 e. The van der Waals surface area contributed by atoms with E-state index < -0.39 is 0 Å². The Morgan fingerprint density at radius 1 is 1.29 bits per heavy atom. The molecule has 2 aromatic heterocycles. The van der Waals surface area contributed by atoms with Crippen molar-refractivity contribution in [2.24, 2.45) is 0 Å². The highest BCUT2D eigenvalue weighted by atomic mass is 35.5. The van der Waals surface area contributed by atoms with Crippen molar-refractivity contribution < 1.29 is 9.26 Å². The molecule has 2 N–H and O–H groups in total. The molecule has 3 rings (SSSR count). The molecule has 3 aromatic rings. The number of hydrogen-bond acceptors (Lipinski definition) is 5. The first-order valence-electron chi connectivity index (χ1n) is 6.20. The van der Waals surface area contributed by atoms with Gasteiger partial charge in [0.15, 0.2) is 11.6 Å². The Morgan fingerprint density at radius 2 is 2.14 bits per heavy atom. The Hall–Kier alpha value is -2.53. The molecule has 106 valence electrons. The maximum atomic E-state index is 5.98. The third kappa shape index (κ3) is 2.43. The Kier molecular flexibility index (Phi) is 3.50. The number of anilines is 1. The lowest BCUT2D eigenvalue weighted by molar-refractivity contribution is 0.407. The molecule has 1 aromatic carbocycles. The third-order valence-electron chi connectivity index (χ3n) is 3.08. The molecule has 0 spiro atoms. The standard InChI is InChI=1S/C15H12ClN3O2/c1-20-12-7-10(16)4-5-11(12)14-13(15(17)19-21-14)9-3-2-6-18-8-9/h2-8H,1H3,(H2,17,19). The van der Waals surface area contributed by atoms with Crippen molar-refractivity contribution in [1.29, 1.82) is 0 Å². The Balaban J connectivity index is 2.21.